The summed E-state index contributed by atoms with van der Waals surface area (Å²) in [7, 11) is 0. The SMILES string of the molecule is CCNC(=O)C(CC)N(Cc1ccc(Cl)cc1Cl)C(=O)Cc1cc(C)ccc1C. The lowest BCUT2D eigenvalue weighted by Gasteiger charge is -2.31. The van der Waals surface area contributed by atoms with E-state index in [-0.39, 0.29) is 24.8 Å². The van der Waals surface area contributed by atoms with Crippen LogP contribution in [0.3, 0.4) is 0 Å². The summed E-state index contributed by atoms with van der Waals surface area (Å²) in [4.78, 5) is 27.6. The molecular formula is C23H28Cl2N2O2. The van der Waals surface area contributed by atoms with Gasteiger partial charge in [-0.2, -0.15) is 0 Å². The molecule has 6 heteroatoms. The van der Waals surface area contributed by atoms with Gasteiger partial charge in [0.1, 0.15) is 6.04 Å². The standard InChI is InChI=1S/C23H28Cl2N2O2/c1-5-21(23(29)26-6-2)27(14-17-9-10-19(24)13-20(17)25)22(28)12-18-11-15(3)7-8-16(18)4/h7-11,13,21H,5-6,12,14H2,1-4H3,(H,26,29). The highest BCUT2D eigenvalue weighted by atomic mass is 35.5. The van der Waals surface area contributed by atoms with E-state index in [1.807, 2.05) is 45.9 Å². The Bertz CT molecular complexity index is 883. The maximum absolute atomic E-state index is 13.3. The third kappa shape index (κ3) is 6.22. The number of carbonyl (C=O) groups is 2. The van der Waals surface area contributed by atoms with E-state index >= 15 is 0 Å². The molecule has 0 spiro atoms. The van der Waals surface area contributed by atoms with Crippen molar-refractivity contribution < 1.29 is 9.59 Å². The topological polar surface area (TPSA) is 49.4 Å². The second-order valence-electron chi connectivity index (χ2n) is 7.18. The molecule has 4 nitrogen and oxygen atoms in total. The summed E-state index contributed by atoms with van der Waals surface area (Å²) in [6, 6.07) is 10.7. The molecule has 0 aliphatic heterocycles. The zero-order valence-corrected chi connectivity index (χ0v) is 18.9. The van der Waals surface area contributed by atoms with Crippen molar-refractivity contribution in [1.29, 1.82) is 0 Å². The van der Waals surface area contributed by atoms with E-state index in [1.165, 1.54) is 0 Å². The summed E-state index contributed by atoms with van der Waals surface area (Å²) < 4.78 is 0. The lowest BCUT2D eigenvalue weighted by molar-refractivity contribution is -0.140. The molecule has 2 amide bonds. The Labute approximate surface area is 183 Å². The predicted octanol–water partition coefficient (Wildman–Crippen LogP) is 5.10. The Hall–Kier alpha value is -2.04. The molecule has 2 aromatic rings. The first-order valence-electron chi connectivity index (χ1n) is 9.84. The molecule has 1 atom stereocenters. The number of likely N-dealkylation sites (N-methyl/N-ethyl adjacent to an activating group) is 1. The molecule has 0 radical (unpaired) electrons. The van der Waals surface area contributed by atoms with Crippen molar-refractivity contribution in [1.82, 2.24) is 10.2 Å². The van der Waals surface area contributed by atoms with Gasteiger partial charge in [0.05, 0.1) is 6.42 Å². The number of hydrogen-bond donors (Lipinski definition) is 1. The molecule has 1 unspecified atom stereocenters. The van der Waals surface area contributed by atoms with Crippen LogP contribution in [0.1, 0.15) is 42.5 Å². The highest BCUT2D eigenvalue weighted by molar-refractivity contribution is 6.35. The Kier molecular flexibility index (Phi) is 8.54. The van der Waals surface area contributed by atoms with Crippen molar-refractivity contribution in [2.45, 2.75) is 53.1 Å². The Morgan fingerprint density at radius 2 is 1.76 bits per heavy atom. The minimum atomic E-state index is -0.570. The molecule has 0 bridgehead atoms. The van der Waals surface area contributed by atoms with Gasteiger partial charge in [0.2, 0.25) is 11.8 Å². The van der Waals surface area contributed by atoms with Gasteiger partial charge in [-0.1, -0.05) is 60.0 Å². The smallest absolute Gasteiger partial charge is 0.242 e. The van der Waals surface area contributed by atoms with Gasteiger partial charge in [-0.3, -0.25) is 9.59 Å². The fourth-order valence-corrected chi connectivity index (χ4v) is 3.77. The van der Waals surface area contributed by atoms with Crippen molar-refractivity contribution in [3.05, 3.63) is 68.7 Å². The van der Waals surface area contributed by atoms with Crippen LogP contribution in [0, 0.1) is 13.8 Å². The fraction of sp³-hybridized carbons (Fsp3) is 0.391. The van der Waals surface area contributed by atoms with Crippen LogP contribution in [-0.4, -0.2) is 29.3 Å². The van der Waals surface area contributed by atoms with E-state index in [1.54, 1.807) is 23.1 Å². The maximum atomic E-state index is 13.3. The molecule has 0 aliphatic rings. The number of nitrogens with one attached hydrogen (secondary N) is 1. The van der Waals surface area contributed by atoms with Gasteiger partial charge in [-0.05, 0) is 56.0 Å². The third-order valence-electron chi connectivity index (χ3n) is 4.94. The number of nitrogens with zero attached hydrogens (tertiary/aromatic N) is 1. The number of carbonyl (C=O) groups excluding carboxylic acids is 2. The molecule has 0 aliphatic carbocycles. The van der Waals surface area contributed by atoms with E-state index in [4.69, 9.17) is 23.2 Å². The average Bonchev–Trinajstić information content (AvgIpc) is 2.66. The number of benzene rings is 2. The predicted molar refractivity (Wildman–Crippen MR) is 119 cm³/mol. The van der Waals surface area contributed by atoms with Crippen LogP contribution in [0.5, 0.6) is 0 Å². The van der Waals surface area contributed by atoms with Gasteiger partial charge in [-0.15, -0.1) is 0 Å². The molecule has 29 heavy (non-hydrogen) atoms. The van der Waals surface area contributed by atoms with Crippen molar-refractivity contribution in [2.75, 3.05) is 6.54 Å². The summed E-state index contributed by atoms with van der Waals surface area (Å²) in [6.07, 6.45) is 0.740. The number of amides is 2. The molecule has 1 N–H and O–H groups in total. The van der Waals surface area contributed by atoms with E-state index in [0.29, 0.717) is 23.0 Å². The summed E-state index contributed by atoms with van der Waals surface area (Å²) in [5, 5.41) is 3.85. The van der Waals surface area contributed by atoms with Crippen LogP contribution in [0.25, 0.3) is 0 Å². The Balaban J connectivity index is 2.37. The average molecular weight is 435 g/mol. The molecule has 0 fully saturated rings. The summed E-state index contributed by atoms with van der Waals surface area (Å²) in [5.41, 5.74) is 3.88. The second-order valence-corrected chi connectivity index (χ2v) is 8.03. The van der Waals surface area contributed by atoms with Crippen molar-refractivity contribution in [3.63, 3.8) is 0 Å². The van der Waals surface area contributed by atoms with E-state index in [9.17, 15) is 9.59 Å². The number of halogens is 2. The minimum absolute atomic E-state index is 0.109. The number of rotatable bonds is 8. The van der Waals surface area contributed by atoms with Crippen LogP contribution in [0.15, 0.2) is 36.4 Å². The largest absolute Gasteiger partial charge is 0.355 e. The quantitative estimate of drug-likeness (QED) is 0.628. The lowest BCUT2D eigenvalue weighted by atomic mass is 10.0. The van der Waals surface area contributed by atoms with Crippen LogP contribution in [-0.2, 0) is 22.6 Å². The molecule has 0 saturated carbocycles. The van der Waals surface area contributed by atoms with Crippen LogP contribution in [0.2, 0.25) is 10.0 Å². The van der Waals surface area contributed by atoms with Crippen LogP contribution >= 0.6 is 23.2 Å². The summed E-state index contributed by atoms with van der Waals surface area (Å²) >= 11 is 12.4. The summed E-state index contributed by atoms with van der Waals surface area (Å²) in [6.45, 7) is 8.52. The Morgan fingerprint density at radius 3 is 2.38 bits per heavy atom. The van der Waals surface area contributed by atoms with E-state index in [2.05, 4.69) is 5.32 Å². The zero-order valence-electron chi connectivity index (χ0n) is 17.4. The molecule has 2 aromatic carbocycles. The zero-order chi connectivity index (χ0) is 21.6. The molecule has 156 valence electrons. The van der Waals surface area contributed by atoms with E-state index < -0.39 is 6.04 Å². The number of aryl methyl sites for hydroxylation is 2. The number of hydrogen-bond acceptors (Lipinski definition) is 2. The summed E-state index contributed by atoms with van der Waals surface area (Å²) in [5.74, 6) is -0.266. The fourth-order valence-electron chi connectivity index (χ4n) is 3.30. The molecular weight excluding hydrogens is 407 g/mol. The van der Waals surface area contributed by atoms with Gasteiger partial charge in [-0.25, -0.2) is 0 Å². The van der Waals surface area contributed by atoms with Crippen molar-refractivity contribution in [3.8, 4) is 0 Å². The van der Waals surface area contributed by atoms with Gasteiger partial charge >= 0.3 is 0 Å². The first-order valence-corrected chi connectivity index (χ1v) is 10.6. The molecule has 0 saturated heterocycles. The Morgan fingerprint density at radius 1 is 1.03 bits per heavy atom. The molecule has 0 aromatic heterocycles. The highest BCUT2D eigenvalue weighted by Crippen LogP contribution is 2.24. The van der Waals surface area contributed by atoms with Gasteiger partial charge in [0.25, 0.3) is 0 Å². The first kappa shape index (κ1) is 23.2. The normalized spacial score (nSPS) is 11.8. The third-order valence-corrected chi connectivity index (χ3v) is 5.53. The monoisotopic (exact) mass is 434 g/mol. The lowest BCUT2D eigenvalue weighted by Crippen LogP contribution is -2.49. The van der Waals surface area contributed by atoms with Crippen LogP contribution < -0.4 is 5.32 Å². The van der Waals surface area contributed by atoms with Gasteiger partial charge in [0.15, 0.2) is 0 Å². The van der Waals surface area contributed by atoms with Crippen molar-refractivity contribution >= 4 is 35.0 Å². The minimum Gasteiger partial charge on any atom is -0.355 e. The van der Waals surface area contributed by atoms with Crippen LogP contribution in [0.4, 0.5) is 0 Å². The molecule has 2 rings (SSSR count). The molecule has 0 heterocycles. The maximum Gasteiger partial charge on any atom is 0.242 e. The first-order chi connectivity index (χ1) is 13.8. The van der Waals surface area contributed by atoms with Gasteiger partial charge in [0, 0.05) is 23.1 Å². The van der Waals surface area contributed by atoms with Crippen molar-refractivity contribution in [2.24, 2.45) is 0 Å². The highest BCUT2D eigenvalue weighted by Gasteiger charge is 2.29. The second kappa shape index (κ2) is 10.7. The van der Waals surface area contributed by atoms with E-state index in [0.717, 1.165) is 22.3 Å². The van der Waals surface area contributed by atoms with Gasteiger partial charge < -0.3 is 10.2 Å².